The number of hydrogen-bond acceptors (Lipinski definition) is 6. The SMILES string of the molecule is CCC(=O)c1cc(C2(c3ccc(O)c(C(=O)CC)c3)OC(=O)c3ccccc32)ccc1O. The van der Waals surface area contributed by atoms with Crippen molar-refractivity contribution in [2.24, 2.45) is 0 Å². The van der Waals surface area contributed by atoms with E-state index in [1.165, 1.54) is 24.3 Å². The van der Waals surface area contributed by atoms with Crippen LogP contribution in [0.5, 0.6) is 11.5 Å². The summed E-state index contributed by atoms with van der Waals surface area (Å²) in [5.41, 5.74) is 0.589. The molecule has 6 nitrogen and oxygen atoms in total. The molecule has 2 N–H and O–H groups in total. The Bertz CT molecular complexity index is 1190. The number of hydrogen-bond donors (Lipinski definition) is 2. The Hall–Kier alpha value is -3.93. The van der Waals surface area contributed by atoms with E-state index in [-0.39, 0.29) is 47.0 Å². The minimum atomic E-state index is -1.46. The molecule has 3 aromatic carbocycles. The van der Waals surface area contributed by atoms with Gasteiger partial charge in [0.2, 0.25) is 0 Å². The second-order valence-corrected chi connectivity index (χ2v) is 7.63. The normalized spacial score (nSPS) is 14.0. The van der Waals surface area contributed by atoms with Gasteiger partial charge in [0.1, 0.15) is 11.5 Å². The van der Waals surface area contributed by atoms with E-state index in [1.807, 2.05) is 0 Å². The van der Waals surface area contributed by atoms with Crippen molar-refractivity contribution >= 4 is 17.5 Å². The summed E-state index contributed by atoms with van der Waals surface area (Å²) in [5, 5.41) is 20.5. The highest BCUT2D eigenvalue weighted by Gasteiger charge is 2.49. The summed E-state index contributed by atoms with van der Waals surface area (Å²) >= 11 is 0. The Kier molecular flexibility index (Phi) is 5.30. The minimum Gasteiger partial charge on any atom is -0.507 e. The fourth-order valence-electron chi connectivity index (χ4n) is 4.15. The largest absolute Gasteiger partial charge is 0.507 e. The molecule has 0 saturated carbocycles. The summed E-state index contributed by atoms with van der Waals surface area (Å²) in [4.78, 5) is 37.7. The topological polar surface area (TPSA) is 101 Å². The predicted molar refractivity (Wildman–Crippen MR) is 117 cm³/mol. The molecular weight excluding hydrogens is 408 g/mol. The van der Waals surface area contributed by atoms with Gasteiger partial charge >= 0.3 is 5.97 Å². The van der Waals surface area contributed by atoms with Crippen molar-refractivity contribution in [3.8, 4) is 11.5 Å². The molecule has 0 bridgehead atoms. The number of cyclic esters (lactones) is 1. The average Bonchev–Trinajstić information content (AvgIpc) is 3.12. The molecule has 162 valence electrons. The van der Waals surface area contributed by atoms with Gasteiger partial charge in [0.25, 0.3) is 0 Å². The Morgan fingerprint density at radius 2 is 1.31 bits per heavy atom. The molecular formula is C26H22O6. The van der Waals surface area contributed by atoms with Crippen molar-refractivity contribution in [2.45, 2.75) is 32.3 Å². The van der Waals surface area contributed by atoms with Crippen LogP contribution >= 0.6 is 0 Å². The molecule has 0 spiro atoms. The van der Waals surface area contributed by atoms with E-state index >= 15 is 0 Å². The van der Waals surface area contributed by atoms with Gasteiger partial charge in [0.05, 0.1) is 16.7 Å². The lowest BCUT2D eigenvalue weighted by Gasteiger charge is -2.31. The lowest BCUT2D eigenvalue weighted by atomic mass is 9.78. The van der Waals surface area contributed by atoms with Gasteiger partial charge < -0.3 is 14.9 Å². The molecule has 1 aliphatic heterocycles. The fourth-order valence-corrected chi connectivity index (χ4v) is 4.15. The van der Waals surface area contributed by atoms with E-state index in [1.54, 1.807) is 50.2 Å². The van der Waals surface area contributed by atoms with Crippen molar-refractivity contribution in [1.29, 1.82) is 0 Å². The second-order valence-electron chi connectivity index (χ2n) is 7.63. The molecule has 0 fully saturated rings. The van der Waals surface area contributed by atoms with Gasteiger partial charge in [0.15, 0.2) is 17.2 Å². The number of carbonyl (C=O) groups excluding carboxylic acids is 3. The van der Waals surface area contributed by atoms with Gasteiger partial charge in [-0.15, -0.1) is 0 Å². The number of rotatable bonds is 6. The first-order valence-corrected chi connectivity index (χ1v) is 10.4. The summed E-state index contributed by atoms with van der Waals surface area (Å²) in [7, 11) is 0. The van der Waals surface area contributed by atoms with E-state index in [4.69, 9.17) is 4.74 Å². The lowest BCUT2D eigenvalue weighted by Crippen LogP contribution is -2.30. The number of ether oxygens (including phenoxy) is 1. The van der Waals surface area contributed by atoms with Crippen molar-refractivity contribution in [1.82, 2.24) is 0 Å². The number of fused-ring (bicyclic) bond motifs is 1. The van der Waals surface area contributed by atoms with Crippen LogP contribution in [0, 0.1) is 0 Å². The van der Waals surface area contributed by atoms with Crippen molar-refractivity contribution in [2.75, 3.05) is 0 Å². The molecule has 0 saturated heterocycles. The highest BCUT2D eigenvalue weighted by atomic mass is 16.6. The summed E-state index contributed by atoms with van der Waals surface area (Å²) in [6, 6.07) is 15.9. The molecule has 1 heterocycles. The number of carbonyl (C=O) groups is 3. The van der Waals surface area contributed by atoms with Crippen LogP contribution in [-0.2, 0) is 10.3 Å². The Balaban J connectivity index is 2.05. The zero-order valence-electron chi connectivity index (χ0n) is 17.7. The van der Waals surface area contributed by atoms with Crippen LogP contribution in [0.1, 0.15) is 74.5 Å². The van der Waals surface area contributed by atoms with Crippen molar-refractivity contribution in [3.05, 3.63) is 94.0 Å². The van der Waals surface area contributed by atoms with Crippen LogP contribution in [0.4, 0.5) is 0 Å². The molecule has 6 heteroatoms. The number of ketones is 2. The van der Waals surface area contributed by atoms with Crippen molar-refractivity contribution in [3.63, 3.8) is 0 Å². The summed E-state index contributed by atoms with van der Waals surface area (Å²) < 4.78 is 5.98. The van der Waals surface area contributed by atoms with Crippen LogP contribution in [-0.4, -0.2) is 27.7 Å². The Labute approximate surface area is 185 Å². The van der Waals surface area contributed by atoms with Gasteiger partial charge in [-0.2, -0.15) is 0 Å². The van der Waals surface area contributed by atoms with E-state index in [2.05, 4.69) is 0 Å². The molecule has 32 heavy (non-hydrogen) atoms. The first-order valence-electron chi connectivity index (χ1n) is 10.4. The van der Waals surface area contributed by atoms with Crippen LogP contribution in [0.25, 0.3) is 0 Å². The molecule has 1 aliphatic rings. The predicted octanol–water partition coefficient (Wildman–Crippen LogP) is 4.75. The molecule has 0 aliphatic carbocycles. The molecule has 0 radical (unpaired) electrons. The number of aromatic hydroxyl groups is 2. The van der Waals surface area contributed by atoms with E-state index < -0.39 is 11.6 Å². The maximum Gasteiger partial charge on any atom is 0.340 e. The lowest BCUT2D eigenvalue weighted by molar-refractivity contribution is 0.0251. The average molecular weight is 430 g/mol. The molecule has 0 unspecified atom stereocenters. The number of benzene rings is 3. The maximum atomic E-state index is 12.9. The van der Waals surface area contributed by atoms with Gasteiger partial charge in [-0.1, -0.05) is 44.2 Å². The highest BCUT2D eigenvalue weighted by Crippen LogP contribution is 2.48. The zero-order chi connectivity index (χ0) is 23.0. The smallest absolute Gasteiger partial charge is 0.340 e. The van der Waals surface area contributed by atoms with Gasteiger partial charge in [0, 0.05) is 29.5 Å². The fraction of sp³-hybridized carbons (Fsp3) is 0.192. The maximum absolute atomic E-state index is 12.9. The first-order chi connectivity index (χ1) is 15.3. The molecule has 3 aromatic rings. The summed E-state index contributed by atoms with van der Waals surface area (Å²) in [5.74, 6) is -1.40. The second kappa shape index (κ2) is 7.96. The number of phenols is 2. The number of esters is 1. The quantitative estimate of drug-likeness (QED) is 0.433. The van der Waals surface area contributed by atoms with Gasteiger partial charge in [-0.25, -0.2) is 4.79 Å². The third-order valence-electron chi connectivity index (χ3n) is 5.82. The molecule has 4 rings (SSSR count). The minimum absolute atomic E-state index is 0.119. The standard InChI is InChI=1S/C26H22O6/c1-3-21(27)18-13-15(9-11-23(18)29)26(20-8-6-5-7-17(20)25(31)32-26)16-10-12-24(30)19(14-16)22(28)4-2/h5-14,29-30H,3-4H2,1-2H3. The molecule has 0 aromatic heterocycles. The third-order valence-corrected chi connectivity index (χ3v) is 5.82. The Morgan fingerprint density at radius 1 is 0.812 bits per heavy atom. The van der Waals surface area contributed by atoms with Gasteiger partial charge in [-0.3, -0.25) is 9.59 Å². The molecule has 0 atom stereocenters. The number of phenolic OH excluding ortho intramolecular Hbond substituents is 2. The van der Waals surface area contributed by atoms with Crippen LogP contribution in [0.15, 0.2) is 60.7 Å². The zero-order valence-corrected chi connectivity index (χ0v) is 17.7. The van der Waals surface area contributed by atoms with Crippen LogP contribution < -0.4 is 0 Å². The van der Waals surface area contributed by atoms with Gasteiger partial charge in [-0.05, 0) is 30.3 Å². The van der Waals surface area contributed by atoms with E-state index in [0.29, 0.717) is 22.3 Å². The summed E-state index contributed by atoms with van der Waals surface area (Å²) in [6.45, 7) is 3.38. The van der Waals surface area contributed by atoms with Crippen LogP contribution in [0.2, 0.25) is 0 Å². The van der Waals surface area contributed by atoms with Crippen LogP contribution in [0.3, 0.4) is 0 Å². The van der Waals surface area contributed by atoms with Crippen molar-refractivity contribution < 1.29 is 29.3 Å². The Morgan fingerprint density at radius 3 is 1.81 bits per heavy atom. The number of Topliss-reactive ketones (excluding diaryl/α,β-unsaturated/α-hetero) is 2. The monoisotopic (exact) mass is 430 g/mol. The van der Waals surface area contributed by atoms with E-state index in [0.717, 1.165) is 0 Å². The third kappa shape index (κ3) is 3.15. The highest BCUT2D eigenvalue weighted by molar-refractivity contribution is 6.01. The first kappa shape index (κ1) is 21.3. The summed E-state index contributed by atoms with van der Waals surface area (Å²) in [6.07, 6.45) is 0.378. The van der Waals surface area contributed by atoms with E-state index in [9.17, 15) is 24.6 Å². The molecule has 0 amide bonds.